The lowest BCUT2D eigenvalue weighted by molar-refractivity contribution is -0.121. The van der Waals surface area contributed by atoms with Gasteiger partial charge in [0.25, 0.3) is 0 Å². The number of alkyl carbamates (subject to hydrolysis) is 1. The Morgan fingerprint density at radius 1 is 1.47 bits per heavy atom. The van der Waals surface area contributed by atoms with E-state index < -0.39 is 0 Å². The second-order valence-electron chi connectivity index (χ2n) is 4.91. The van der Waals surface area contributed by atoms with Crippen LogP contribution in [0.5, 0.6) is 0 Å². The number of methoxy groups -OCH3 is 1. The molecule has 0 radical (unpaired) electrons. The Morgan fingerprint density at radius 2 is 2.29 bits per heavy atom. The first-order valence-corrected chi connectivity index (χ1v) is 6.29. The zero-order chi connectivity index (χ0) is 12.3. The highest BCUT2D eigenvalue weighted by Crippen LogP contribution is 2.23. The summed E-state index contributed by atoms with van der Waals surface area (Å²) in [5.74, 6) is 0.380. The second-order valence-corrected chi connectivity index (χ2v) is 4.91. The Balaban J connectivity index is 1.80. The van der Waals surface area contributed by atoms with Crippen molar-refractivity contribution in [2.45, 2.75) is 44.2 Å². The van der Waals surface area contributed by atoms with E-state index in [0.29, 0.717) is 18.2 Å². The van der Waals surface area contributed by atoms with Crippen molar-refractivity contribution in [1.29, 1.82) is 0 Å². The first-order chi connectivity index (χ1) is 8.19. The van der Waals surface area contributed by atoms with Crippen LogP contribution >= 0.6 is 0 Å². The molecule has 1 aliphatic heterocycles. The Kier molecular flexibility index (Phi) is 3.99. The third-order valence-electron chi connectivity index (χ3n) is 3.70. The number of hydrogen-bond donors (Lipinski definition) is 1. The van der Waals surface area contributed by atoms with Gasteiger partial charge in [0, 0.05) is 38.0 Å². The average molecular weight is 240 g/mol. The van der Waals surface area contributed by atoms with Crippen molar-refractivity contribution >= 4 is 11.9 Å². The molecule has 0 aromatic carbocycles. The van der Waals surface area contributed by atoms with Crippen LogP contribution in [0.15, 0.2) is 0 Å². The average Bonchev–Trinajstić information content (AvgIpc) is 2.77. The van der Waals surface area contributed by atoms with Crippen LogP contribution in [0.1, 0.15) is 32.1 Å². The molecule has 1 amide bonds. The van der Waals surface area contributed by atoms with Crippen molar-refractivity contribution in [2.24, 2.45) is 0 Å². The van der Waals surface area contributed by atoms with Gasteiger partial charge in [0.05, 0.1) is 7.11 Å². The minimum absolute atomic E-state index is 0.166. The fraction of sp³-hybridized carbons (Fsp3) is 0.833. The van der Waals surface area contributed by atoms with E-state index in [9.17, 15) is 9.59 Å². The Bertz CT molecular complexity index is 306. The first kappa shape index (κ1) is 12.4. The maximum Gasteiger partial charge on any atom is 0.407 e. The standard InChI is InChI=1S/C12H20N2O3/c1-17-12(16)13-9-5-6-14(8-9)10-3-2-4-11(15)7-10/h9-10H,2-8H2,1H3,(H,13,16). The van der Waals surface area contributed by atoms with E-state index >= 15 is 0 Å². The molecule has 2 aliphatic rings. The minimum Gasteiger partial charge on any atom is -0.453 e. The van der Waals surface area contributed by atoms with E-state index in [4.69, 9.17) is 0 Å². The van der Waals surface area contributed by atoms with Gasteiger partial charge in [-0.3, -0.25) is 9.69 Å². The number of likely N-dealkylation sites (tertiary alicyclic amines) is 1. The van der Waals surface area contributed by atoms with Gasteiger partial charge in [-0.1, -0.05) is 0 Å². The molecule has 5 heteroatoms. The SMILES string of the molecule is COC(=O)NC1CCN(C2CCCC(=O)C2)C1. The Labute approximate surface area is 101 Å². The maximum absolute atomic E-state index is 11.4. The highest BCUT2D eigenvalue weighted by molar-refractivity contribution is 5.79. The van der Waals surface area contributed by atoms with Crippen LogP contribution in [0.4, 0.5) is 4.79 Å². The number of ether oxygens (including phenoxy) is 1. The zero-order valence-electron chi connectivity index (χ0n) is 10.3. The molecule has 96 valence electrons. The van der Waals surface area contributed by atoms with Crippen molar-refractivity contribution in [3.63, 3.8) is 0 Å². The molecule has 0 bridgehead atoms. The molecule has 2 unspecified atom stereocenters. The first-order valence-electron chi connectivity index (χ1n) is 6.29. The predicted octanol–water partition coefficient (Wildman–Crippen LogP) is 0.928. The predicted molar refractivity (Wildman–Crippen MR) is 62.8 cm³/mol. The van der Waals surface area contributed by atoms with Crippen molar-refractivity contribution < 1.29 is 14.3 Å². The smallest absolute Gasteiger partial charge is 0.407 e. The third-order valence-corrected chi connectivity index (χ3v) is 3.70. The van der Waals surface area contributed by atoms with Crippen molar-refractivity contribution in [1.82, 2.24) is 10.2 Å². The number of ketones is 1. The van der Waals surface area contributed by atoms with Crippen LogP contribution in [0, 0.1) is 0 Å². The highest BCUT2D eigenvalue weighted by atomic mass is 16.5. The van der Waals surface area contributed by atoms with E-state index in [1.807, 2.05) is 0 Å². The summed E-state index contributed by atoms with van der Waals surface area (Å²) in [4.78, 5) is 24.8. The summed E-state index contributed by atoms with van der Waals surface area (Å²) in [5.41, 5.74) is 0. The van der Waals surface area contributed by atoms with Crippen LogP contribution in [0.2, 0.25) is 0 Å². The number of amides is 1. The summed E-state index contributed by atoms with van der Waals surface area (Å²) in [6, 6.07) is 0.556. The number of carbonyl (C=O) groups excluding carboxylic acids is 2. The number of carbonyl (C=O) groups is 2. The Morgan fingerprint density at radius 3 is 3.00 bits per heavy atom. The fourth-order valence-electron chi connectivity index (χ4n) is 2.78. The number of nitrogens with zero attached hydrogens (tertiary/aromatic N) is 1. The van der Waals surface area contributed by atoms with Crippen molar-refractivity contribution in [3.8, 4) is 0 Å². The molecular formula is C12H20N2O3. The van der Waals surface area contributed by atoms with Crippen molar-refractivity contribution in [3.05, 3.63) is 0 Å². The molecule has 2 fully saturated rings. The molecule has 1 N–H and O–H groups in total. The van der Waals surface area contributed by atoms with Gasteiger partial charge in [-0.05, 0) is 19.3 Å². The van der Waals surface area contributed by atoms with E-state index in [2.05, 4.69) is 15.0 Å². The summed E-state index contributed by atoms with van der Waals surface area (Å²) in [7, 11) is 1.38. The molecule has 17 heavy (non-hydrogen) atoms. The number of Topliss-reactive ketones (excluding diaryl/α,β-unsaturated/α-hetero) is 1. The van der Waals surface area contributed by atoms with Gasteiger partial charge in [-0.15, -0.1) is 0 Å². The van der Waals surface area contributed by atoms with E-state index in [1.165, 1.54) is 7.11 Å². The lowest BCUT2D eigenvalue weighted by Crippen LogP contribution is -2.41. The third kappa shape index (κ3) is 3.19. The van der Waals surface area contributed by atoms with Crippen molar-refractivity contribution in [2.75, 3.05) is 20.2 Å². The summed E-state index contributed by atoms with van der Waals surface area (Å²) >= 11 is 0. The molecule has 1 saturated carbocycles. The molecule has 1 aliphatic carbocycles. The summed E-state index contributed by atoms with van der Waals surface area (Å²) in [6.07, 6.45) is 4.13. The van der Waals surface area contributed by atoms with Crippen LogP contribution in [0.25, 0.3) is 0 Å². The van der Waals surface area contributed by atoms with Gasteiger partial charge < -0.3 is 10.1 Å². The van der Waals surface area contributed by atoms with E-state index in [1.54, 1.807) is 0 Å². The molecular weight excluding hydrogens is 220 g/mol. The topological polar surface area (TPSA) is 58.6 Å². The molecule has 0 aromatic rings. The van der Waals surface area contributed by atoms with Gasteiger partial charge >= 0.3 is 6.09 Å². The number of hydrogen-bond acceptors (Lipinski definition) is 4. The number of nitrogens with one attached hydrogen (secondary N) is 1. The molecule has 1 saturated heterocycles. The maximum atomic E-state index is 11.4. The van der Waals surface area contributed by atoms with Crippen LogP contribution in [-0.4, -0.2) is 49.1 Å². The van der Waals surface area contributed by atoms with Gasteiger partial charge in [-0.25, -0.2) is 4.79 Å². The van der Waals surface area contributed by atoms with E-state index in [-0.39, 0.29) is 12.1 Å². The number of rotatable bonds is 2. The van der Waals surface area contributed by atoms with Crippen LogP contribution in [0.3, 0.4) is 0 Å². The van der Waals surface area contributed by atoms with Gasteiger partial charge in [-0.2, -0.15) is 0 Å². The monoisotopic (exact) mass is 240 g/mol. The van der Waals surface area contributed by atoms with E-state index in [0.717, 1.165) is 38.8 Å². The summed E-state index contributed by atoms with van der Waals surface area (Å²) < 4.78 is 4.59. The Hall–Kier alpha value is -1.10. The second kappa shape index (κ2) is 5.49. The lowest BCUT2D eigenvalue weighted by Gasteiger charge is -2.30. The minimum atomic E-state index is -0.364. The lowest BCUT2D eigenvalue weighted by atomic mass is 9.93. The summed E-state index contributed by atoms with van der Waals surface area (Å²) in [5, 5.41) is 2.82. The normalized spacial score (nSPS) is 30.3. The molecule has 2 rings (SSSR count). The molecule has 5 nitrogen and oxygen atoms in total. The molecule has 1 heterocycles. The summed E-state index contributed by atoms with van der Waals surface area (Å²) in [6.45, 7) is 1.81. The largest absolute Gasteiger partial charge is 0.453 e. The molecule has 2 atom stereocenters. The highest BCUT2D eigenvalue weighted by Gasteiger charge is 2.31. The molecule has 0 spiro atoms. The zero-order valence-corrected chi connectivity index (χ0v) is 10.3. The fourth-order valence-corrected chi connectivity index (χ4v) is 2.78. The van der Waals surface area contributed by atoms with Crippen LogP contribution < -0.4 is 5.32 Å². The van der Waals surface area contributed by atoms with Gasteiger partial charge in [0.2, 0.25) is 0 Å². The van der Waals surface area contributed by atoms with Gasteiger partial charge in [0.15, 0.2) is 0 Å². The van der Waals surface area contributed by atoms with Crippen LogP contribution in [-0.2, 0) is 9.53 Å². The molecule has 0 aromatic heterocycles. The quantitative estimate of drug-likeness (QED) is 0.780. The van der Waals surface area contributed by atoms with Gasteiger partial charge in [0.1, 0.15) is 5.78 Å².